The number of carbonyl (C=O) groups is 3. The van der Waals surface area contributed by atoms with E-state index in [1.807, 2.05) is 36.4 Å². The van der Waals surface area contributed by atoms with E-state index in [0.717, 1.165) is 18.4 Å². The summed E-state index contributed by atoms with van der Waals surface area (Å²) in [5, 5.41) is 2.88. The lowest BCUT2D eigenvalue weighted by Gasteiger charge is -2.16. The SMILES string of the molecule is CCOC(=O)C=C[C@H](CCC(N)=O)NC(=O)c1ccccc1CCc1ccccc1. The fraction of sp³-hybridized carbons (Fsp3) is 0.292. The Morgan fingerprint density at radius 2 is 1.73 bits per heavy atom. The van der Waals surface area contributed by atoms with E-state index in [2.05, 4.69) is 17.4 Å². The number of hydrogen-bond acceptors (Lipinski definition) is 4. The minimum atomic E-state index is -0.517. The van der Waals surface area contributed by atoms with Crippen molar-refractivity contribution in [3.8, 4) is 0 Å². The van der Waals surface area contributed by atoms with Crippen molar-refractivity contribution in [1.82, 2.24) is 5.32 Å². The maximum Gasteiger partial charge on any atom is 0.330 e. The molecule has 0 saturated carbocycles. The summed E-state index contributed by atoms with van der Waals surface area (Å²) < 4.78 is 4.87. The highest BCUT2D eigenvalue weighted by molar-refractivity contribution is 5.96. The Hall–Kier alpha value is -3.41. The van der Waals surface area contributed by atoms with Crippen molar-refractivity contribution in [1.29, 1.82) is 0 Å². The van der Waals surface area contributed by atoms with E-state index in [0.29, 0.717) is 12.0 Å². The van der Waals surface area contributed by atoms with Crippen LogP contribution in [-0.4, -0.2) is 30.4 Å². The molecule has 2 aromatic rings. The van der Waals surface area contributed by atoms with Gasteiger partial charge in [0.2, 0.25) is 5.91 Å². The fourth-order valence-corrected chi connectivity index (χ4v) is 3.03. The standard InChI is InChI=1S/C24H28N2O4/c1-2-30-23(28)17-15-20(14-16-22(25)27)26-24(29)21-11-7-6-10-19(21)13-12-18-8-4-3-5-9-18/h3-11,15,17,20H,2,12-14,16H2,1H3,(H2,25,27)(H,26,29)/t20-/m0/s1. The molecule has 30 heavy (non-hydrogen) atoms. The van der Waals surface area contributed by atoms with E-state index >= 15 is 0 Å². The topological polar surface area (TPSA) is 98.5 Å². The second-order valence-corrected chi connectivity index (χ2v) is 6.84. The molecule has 0 spiro atoms. The van der Waals surface area contributed by atoms with Gasteiger partial charge in [-0.3, -0.25) is 9.59 Å². The van der Waals surface area contributed by atoms with Crippen molar-refractivity contribution in [2.75, 3.05) is 6.61 Å². The van der Waals surface area contributed by atoms with Crippen LogP contribution in [-0.2, 0) is 27.2 Å². The molecule has 0 aliphatic heterocycles. The molecule has 2 amide bonds. The van der Waals surface area contributed by atoms with Gasteiger partial charge >= 0.3 is 5.97 Å². The first-order valence-electron chi connectivity index (χ1n) is 10.1. The molecule has 0 saturated heterocycles. The number of esters is 1. The smallest absolute Gasteiger partial charge is 0.330 e. The summed E-state index contributed by atoms with van der Waals surface area (Å²) in [6.45, 7) is 1.97. The van der Waals surface area contributed by atoms with Crippen LogP contribution in [0.25, 0.3) is 0 Å². The van der Waals surface area contributed by atoms with Crippen molar-refractivity contribution < 1.29 is 19.1 Å². The predicted molar refractivity (Wildman–Crippen MR) is 116 cm³/mol. The van der Waals surface area contributed by atoms with Crippen LogP contribution in [0.5, 0.6) is 0 Å². The molecule has 0 fully saturated rings. The molecule has 0 aromatic heterocycles. The summed E-state index contributed by atoms with van der Waals surface area (Å²) in [6, 6.07) is 17.0. The monoisotopic (exact) mass is 408 g/mol. The lowest BCUT2D eigenvalue weighted by Crippen LogP contribution is -2.35. The number of ether oxygens (including phenoxy) is 1. The van der Waals surface area contributed by atoms with E-state index in [1.165, 1.54) is 17.7 Å². The zero-order valence-electron chi connectivity index (χ0n) is 17.2. The highest BCUT2D eigenvalue weighted by atomic mass is 16.5. The summed E-state index contributed by atoms with van der Waals surface area (Å²) in [4.78, 5) is 35.7. The van der Waals surface area contributed by atoms with Gasteiger partial charge in [0.25, 0.3) is 5.91 Å². The Labute approximate surface area is 177 Å². The Morgan fingerprint density at radius 1 is 1.03 bits per heavy atom. The molecule has 0 bridgehead atoms. The van der Waals surface area contributed by atoms with Crippen LogP contribution in [0.4, 0.5) is 0 Å². The predicted octanol–water partition coefficient (Wildman–Crippen LogP) is 2.96. The number of primary amides is 1. The number of nitrogens with two attached hydrogens (primary N) is 1. The zero-order chi connectivity index (χ0) is 21.8. The van der Waals surface area contributed by atoms with Gasteiger partial charge in [0, 0.05) is 24.1 Å². The van der Waals surface area contributed by atoms with Gasteiger partial charge in [-0.05, 0) is 43.4 Å². The molecule has 0 radical (unpaired) electrons. The van der Waals surface area contributed by atoms with Gasteiger partial charge in [0.15, 0.2) is 0 Å². The van der Waals surface area contributed by atoms with Gasteiger partial charge in [-0.15, -0.1) is 0 Å². The van der Waals surface area contributed by atoms with Gasteiger partial charge in [0.1, 0.15) is 0 Å². The molecule has 0 aliphatic rings. The maximum atomic E-state index is 12.9. The third-order valence-corrected chi connectivity index (χ3v) is 4.56. The molecular weight excluding hydrogens is 380 g/mol. The van der Waals surface area contributed by atoms with Gasteiger partial charge in [-0.1, -0.05) is 54.6 Å². The van der Waals surface area contributed by atoms with E-state index in [4.69, 9.17) is 10.5 Å². The third-order valence-electron chi connectivity index (χ3n) is 4.56. The quantitative estimate of drug-likeness (QED) is 0.441. The van der Waals surface area contributed by atoms with Crippen molar-refractivity contribution in [3.63, 3.8) is 0 Å². The summed E-state index contributed by atoms with van der Waals surface area (Å²) in [5.41, 5.74) is 7.94. The summed E-state index contributed by atoms with van der Waals surface area (Å²) in [5.74, 6) is -1.23. The number of hydrogen-bond donors (Lipinski definition) is 2. The van der Waals surface area contributed by atoms with E-state index in [1.54, 1.807) is 13.0 Å². The first-order valence-corrected chi connectivity index (χ1v) is 10.1. The van der Waals surface area contributed by atoms with Crippen LogP contribution in [0.3, 0.4) is 0 Å². The van der Waals surface area contributed by atoms with E-state index in [9.17, 15) is 14.4 Å². The van der Waals surface area contributed by atoms with Crippen LogP contribution in [0.2, 0.25) is 0 Å². The summed E-state index contributed by atoms with van der Waals surface area (Å²) in [6.07, 6.45) is 4.72. The second-order valence-electron chi connectivity index (χ2n) is 6.84. The van der Waals surface area contributed by atoms with Crippen LogP contribution < -0.4 is 11.1 Å². The molecule has 2 rings (SSSR count). The van der Waals surface area contributed by atoms with Crippen molar-refractivity contribution in [3.05, 3.63) is 83.4 Å². The lowest BCUT2D eigenvalue weighted by atomic mass is 9.99. The first kappa shape index (κ1) is 22.9. The molecule has 0 aliphatic carbocycles. The highest BCUT2D eigenvalue weighted by Gasteiger charge is 2.16. The van der Waals surface area contributed by atoms with E-state index in [-0.39, 0.29) is 18.9 Å². The molecule has 158 valence electrons. The number of rotatable bonds is 11. The minimum absolute atomic E-state index is 0.0910. The molecule has 6 nitrogen and oxygen atoms in total. The van der Waals surface area contributed by atoms with Gasteiger partial charge < -0.3 is 15.8 Å². The first-order chi connectivity index (χ1) is 14.5. The fourth-order valence-electron chi connectivity index (χ4n) is 3.03. The summed E-state index contributed by atoms with van der Waals surface area (Å²) >= 11 is 0. The Morgan fingerprint density at radius 3 is 2.43 bits per heavy atom. The normalized spacial score (nSPS) is 11.8. The third kappa shape index (κ3) is 7.91. The average molecular weight is 408 g/mol. The molecule has 6 heteroatoms. The average Bonchev–Trinajstić information content (AvgIpc) is 2.75. The molecule has 2 aromatic carbocycles. The maximum absolute atomic E-state index is 12.9. The number of amides is 2. The Bertz CT molecular complexity index is 878. The van der Waals surface area contributed by atoms with Crippen molar-refractivity contribution in [2.24, 2.45) is 5.73 Å². The Balaban J connectivity index is 2.09. The Kier molecular flexibility index (Phi) is 9.31. The highest BCUT2D eigenvalue weighted by Crippen LogP contribution is 2.14. The zero-order valence-corrected chi connectivity index (χ0v) is 17.2. The molecule has 3 N–H and O–H groups in total. The van der Waals surface area contributed by atoms with E-state index < -0.39 is 17.9 Å². The number of benzene rings is 2. The number of aryl methyl sites for hydroxylation is 2. The molecule has 1 atom stereocenters. The minimum Gasteiger partial charge on any atom is -0.463 e. The van der Waals surface area contributed by atoms with Crippen LogP contribution >= 0.6 is 0 Å². The molecule has 0 heterocycles. The summed E-state index contributed by atoms with van der Waals surface area (Å²) in [7, 11) is 0. The number of nitrogens with one attached hydrogen (secondary N) is 1. The van der Waals surface area contributed by atoms with Gasteiger partial charge in [-0.25, -0.2) is 4.79 Å². The van der Waals surface area contributed by atoms with Crippen LogP contribution in [0.15, 0.2) is 66.7 Å². The van der Waals surface area contributed by atoms with Crippen molar-refractivity contribution >= 4 is 17.8 Å². The van der Waals surface area contributed by atoms with Gasteiger partial charge in [0.05, 0.1) is 6.61 Å². The van der Waals surface area contributed by atoms with Gasteiger partial charge in [-0.2, -0.15) is 0 Å². The molecular formula is C24H28N2O4. The lowest BCUT2D eigenvalue weighted by molar-refractivity contribution is -0.137. The van der Waals surface area contributed by atoms with Crippen molar-refractivity contribution in [2.45, 2.75) is 38.6 Å². The number of carbonyl (C=O) groups excluding carboxylic acids is 3. The van der Waals surface area contributed by atoms with Crippen LogP contribution in [0, 0.1) is 0 Å². The second kappa shape index (κ2) is 12.2. The molecule has 0 unspecified atom stereocenters. The largest absolute Gasteiger partial charge is 0.463 e. The van der Waals surface area contributed by atoms with Crippen LogP contribution in [0.1, 0.15) is 41.3 Å².